The molecule has 0 aliphatic rings. The molecule has 0 unspecified atom stereocenters. The Morgan fingerprint density at radius 1 is 0.662 bits per heavy atom. The van der Waals surface area contributed by atoms with Gasteiger partial charge in [0.05, 0.1) is 19.7 Å². The molecule has 0 aromatic heterocycles. The highest BCUT2D eigenvalue weighted by Gasteiger charge is 2.31. The van der Waals surface area contributed by atoms with E-state index in [0.717, 1.165) is 39.1 Å². The van der Waals surface area contributed by atoms with Gasteiger partial charge < -0.3 is 60.7 Å². The number of nitrogens with two attached hydrogens (primary N) is 2. The highest BCUT2D eigenvalue weighted by molar-refractivity contribution is 7.59. The molecule has 5 aromatic rings. The van der Waals surface area contributed by atoms with Crippen LogP contribution in [-0.4, -0.2) is 74.1 Å². The summed E-state index contributed by atoms with van der Waals surface area (Å²) in [5.74, 6) is -0.639. The molecule has 5 rings (SSSR count). The molecule has 71 heavy (non-hydrogen) atoms. The first-order valence-electron chi connectivity index (χ1n) is 23.3. The fourth-order valence-electron chi connectivity index (χ4n) is 7.76. The number of nitrogens with one attached hydrogen (secondary N) is 4. The summed E-state index contributed by atoms with van der Waals surface area (Å²) in [6.45, 7) is 9.21. The maximum atomic E-state index is 14.2. The van der Waals surface area contributed by atoms with Gasteiger partial charge in [-0.15, -0.1) is 0 Å². The van der Waals surface area contributed by atoms with Crippen molar-refractivity contribution in [2.75, 3.05) is 26.3 Å². The minimum Gasteiger partial charge on any atom is -1.00 e. The van der Waals surface area contributed by atoms with E-state index in [9.17, 15) is 19.2 Å². The molecule has 390 valence electrons. The smallest absolute Gasteiger partial charge is 0.338 e. The predicted octanol–water partition coefficient (Wildman–Crippen LogP) is -0.859. The van der Waals surface area contributed by atoms with Crippen LogP contribution in [0.3, 0.4) is 0 Å². The maximum absolute atomic E-state index is 14.2. The second-order valence-corrected chi connectivity index (χ2v) is 18.1. The van der Waals surface area contributed by atoms with Gasteiger partial charge >= 0.3 is 11.9 Å². The molecule has 0 fully saturated rings. The third-order valence-electron chi connectivity index (χ3n) is 11.2. The van der Waals surface area contributed by atoms with Crippen molar-refractivity contribution in [1.82, 2.24) is 16.0 Å². The SMILES string of the molecule is CC(C)CCOc1ccc2ccccc2c1-c1c(OCC(=O)N[C@H](CCCC[NH3+])C(=O)N[C@H](CCC[NH+]=C(N)N)C(=O)N[C@@H](CC(C)C)C(=O)OCc2cccc(Cl)c2)ccc2ccccc12.S.S.[Cl-].[Cl-]. The molecular weight excluding hydrogens is 1010 g/mol. The number of hydrogen-bond acceptors (Lipinski definition) is 7. The second kappa shape index (κ2) is 32.8. The maximum Gasteiger partial charge on any atom is 0.338 e. The molecule has 19 heteroatoms. The van der Waals surface area contributed by atoms with Crippen LogP contribution in [0.25, 0.3) is 32.7 Å². The molecule has 0 saturated carbocycles. The van der Waals surface area contributed by atoms with Crippen molar-refractivity contribution in [3.63, 3.8) is 0 Å². The van der Waals surface area contributed by atoms with E-state index in [0.29, 0.717) is 67.0 Å². The predicted molar refractivity (Wildman–Crippen MR) is 285 cm³/mol. The first-order chi connectivity index (χ1) is 32.2. The number of halogens is 3. The Balaban J connectivity index is 0.00000630. The fourth-order valence-corrected chi connectivity index (χ4v) is 7.97. The zero-order valence-electron chi connectivity index (χ0n) is 41.0. The molecule has 5 aromatic carbocycles. The lowest BCUT2D eigenvalue weighted by molar-refractivity contribution is -0.459. The minimum absolute atomic E-state index is 0. The normalized spacial score (nSPS) is 11.9. The van der Waals surface area contributed by atoms with Gasteiger partial charge in [0.15, 0.2) is 6.61 Å². The van der Waals surface area contributed by atoms with Crippen molar-refractivity contribution < 1.29 is 68.9 Å². The summed E-state index contributed by atoms with van der Waals surface area (Å²) in [4.78, 5) is 58.5. The van der Waals surface area contributed by atoms with Crippen molar-refractivity contribution in [2.24, 2.45) is 23.3 Å². The van der Waals surface area contributed by atoms with E-state index in [-0.39, 0.29) is 89.6 Å². The molecular formula is C52H72Cl3N7O7S2. The lowest BCUT2D eigenvalue weighted by atomic mass is 9.92. The topological polar surface area (TPSA) is 226 Å². The third kappa shape index (κ3) is 20.1. The van der Waals surface area contributed by atoms with Gasteiger partial charge in [-0.25, -0.2) is 4.79 Å². The molecule has 11 N–H and O–H groups in total. The largest absolute Gasteiger partial charge is 1.00 e. The zero-order chi connectivity index (χ0) is 48.3. The number of carbonyl (C=O) groups is 4. The standard InChI is InChI=1S/C52H66ClN7O7.2ClH.2H2S/c1-33(2)25-28-65-44-23-21-36-14-5-7-17-39(36)47(44)48-40-18-8-6-15-37(40)22-24-45(48)66-32-46(61)58-41(19-9-10-26-54)49(62)59-42(20-12-27-57-52(55)56)50(63)60-43(29-34(3)4)51(64)67-31-35-13-11-16-38(53)30-35;;;;/h5-8,11,13-18,21-24,30,33-34,41-43H,9-10,12,19-20,25-29,31-32,54H2,1-4H3,(H,58,61)(H,59,62)(H,60,63)(H4,55,56,57);2*1H;2*1H2/t41-,42-,43+;;;;/m1..../s1. The van der Waals surface area contributed by atoms with Crippen LogP contribution in [-0.2, 0) is 30.5 Å². The zero-order valence-corrected chi connectivity index (χ0v) is 45.2. The van der Waals surface area contributed by atoms with Crippen LogP contribution in [0.4, 0.5) is 0 Å². The minimum atomic E-state index is -1.09. The number of quaternary nitrogens is 1. The number of esters is 1. The number of fused-ring (bicyclic) bond motifs is 2. The summed E-state index contributed by atoms with van der Waals surface area (Å²) in [5, 5.41) is 13.0. The Kier molecular flexibility index (Phi) is 29.5. The molecule has 0 aliphatic heterocycles. The van der Waals surface area contributed by atoms with Gasteiger partial charge in [-0.2, -0.15) is 27.0 Å². The molecule has 0 heterocycles. The van der Waals surface area contributed by atoms with Crippen molar-refractivity contribution >= 4 is 89.8 Å². The van der Waals surface area contributed by atoms with Crippen LogP contribution < -0.4 is 72.4 Å². The van der Waals surface area contributed by atoms with Crippen molar-refractivity contribution in [3.05, 3.63) is 108 Å². The summed E-state index contributed by atoms with van der Waals surface area (Å²) in [5.41, 5.74) is 17.5. The van der Waals surface area contributed by atoms with Crippen molar-refractivity contribution in [3.8, 4) is 22.6 Å². The number of rotatable bonds is 26. The molecule has 0 saturated heterocycles. The first-order valence-corrected chi connectivity index (χ1v) is 23.6. The van der Waals surface area contributed by atoms with E-state index >= 15 is 0 Å². The van der Waals surface area contributed by atoms with Gasteiger partial charge in [0.25, 0.3) is 5.91 Å². The monoisotopic (exact) mass is 1080 g/mol. The van der Waals surface area contributed by atoms with Crippen LogP contribution in [0.5, 0.6) is 11.5 Å². The Hall–Kier alpha value is -5.10. The molecule has 0 spiro atoms. The number of carbonyl (C=O) groups excluding carboxylic acids is 4. The Morgan fingerprint density at radius 3 is 1.79 bits per heavy atom. The van der Waals surface area contributed by atoms with Crippen LogP contribution in [0, 0.1) is 11.8 Å². The van der Waals surface area contributed by atoms with Gasteiger partial charge in [0.1, 0.15) is 36.2 Å². The highest BCUT2D eigenvalue weighted by Crippen LogP contribution is 2.45. The van der Waals surface area contributed by atoms with E-state index in [1.165, 1.54) is 0 Å². The molecule has 3 atom stereocenters. The summed E-state index contributed by atoms with van der Waals surface area (Å²) < 4.78 is 18.5. The Labute approximate surface area is 449 Å². The second-order valence-electron chi connectivity index (χ2n) is 17.6. The van der Waals surface area contributed by atoms with Crippen LogP contribution in [0.2, 0.25) is 5.02 Å². The number of benzene rings is 5. The Morgan fingerprint density at radius 2 is 1.23 bits per heavy atom. The summed E-state index contributed by atoms with van der Waals surface area (Å²) >= 11 is 6.13. The van der Waals surface area contributed by atoms with Crippen LogP contribution in [0.15, 0.2) is 97.1 Å². The molecule has 3 amide bonds. The summed E-state index contributed by atoms with van der Waals surface area (Å²) in [7, 11) is 0. The molecule has 0 radical (unpaired) electrons. The number of unbranched alkanes of at least 4 members (excludes halogenated alkanes) is 1. The first kappa shape index (κ1) is 63.9. The van der Waals surface area contributed by atoms with Crippen molar-refractivity contribution in [1.29, 1.82) is 0 Å². The molecule has 14 nitrogen and oxygen atoms in total. The lowest BCUT2D eigenvalue weighted by Gasteiger charge is -2.26. The van der Waals surface area contributed by atoms with Gasteiger partial charge in [0, 0.05) is 16.1 Å². The van der Waals surface area contributed by atoms with Crippen LogP contribution in [0.1, 0.15) is 78.2 Å². The quantitative estimate of drug-likeness (QED) is 0.0158. The van der Waals surface area contributed by atoms with Crippen molar-refractivity contribution in [2.45, 2.75) is 97.4 Å². The molecule has 0 aliphatic carbocycles. The Bertz CT molecular complexity index is 2500. The number of guanidine groups is 1. The fraction of sp³-hybridized carbons (Fsp3) is 0.404. The number of hydrogen-bond donors (Lipinski definition) is 7. The molecule has 0 bridgehead atoms. The van der Waals surface area contributed by atoms with E-state index in [4.69, 9.17) is 37.3 Å². The van der Waals surface area contributed by atoms with Gasteiger partial charge in [-0.05, 0) is 108 Å². The van der Waals surface area contributed by atoms with E-state index in [1.807, 2.05) is 74.5 Å². The average Bonchev–Trinajstić information content (AvgIpc) is 3.30. The van der Waals surface area contributed by atoms with E-state index < -0.39 is 48.4 Å². The van der Waals surface area contributed by atoms with Gasteiger partial charge in [0.2, 0.25) is 11.8 Å². The average molecular weight is 1080 g/mol. The number of ether oxygens (including phenoxy) is 3. The van der Waals surface area contributed by atoms with Gasteiger partial charge in [-0.1, -0.05) is 112 Å². The summed E-state index contributed by atoms with van der Waals surface area (Å²) in [6.07, 6.45) is 3.28. The third-order valence-corrected chi connectivity index (χ3v) is 11.4. The van der Waals surface area contributed by atoms with Crippen LogP contribution >= 0.6 is 38.6 Å². The highest BCUT2D eigenvalue weighted by atomic mass is 35.5. The van der Waals surface area contributed by atoms with E-state index in [2.05, 4.69) is 52.7 Å². The number of amides is 3. The lowest BCUT2D eigenvalue weighted by Crippen LogP contribution is -3.00. The van der Waals surface area contributed by atoms with E-state index in [1.54, 1.807) is 24.3 Å². The summed E-state index contributed by atoms with van der Waals surface area (Å²) in [6, 6.07) is 27.8. The van der Waals surface area contributed by atoms with Gasteiger partial charge in [-0.3, -0.25) is 30.8 Å².